The molecular formula is C43H44N5O6S+. The lowest BCUT2D eigenvalue weighted by Gasteiger charge is -2.36. The van der Waals surface area contributed by atoms with E-state index in [4.69, 9.17) is 14.3 Å². The summed E-state index contributed by atoms with van der Waals surface area (Å²) in [5, 5.41) is 24.6. The van der Waals surface area contributed by atoms with Crippen LogP contribution in [0.3, 0.4) is 0 Å². The largest absolute Gasteiger partial charge is 0.490 e. The van der Waals surface area contributed by atoms with Gasteiger partial charge in [-0.2, -0.15) is 0 Å². The van der Waals surface area contributed by atoms with Crippen LogP contribution in [0.25, 0.3) is 10.8 Å². The van der Waals surface area contributed by atoms with E-state index in [2.05, 4.69) is 61.7 Å². The summed E-state index contributed by atoms with van der Waals surface area (Å²) >= 11 is 1.29. The van der Waals surface area contributed by atoms with Crippen molar-refractivity contribution < 1.29 is 33.6 Å². The number of carbonyl (C=O) groups excluding carboxylic acids is 1. The number of fused-ring (bicyclic) bond motifs is 1. The summed E-state index contributed by atoms with van der Waals surface area (Å²) in [4.78, 5) is 34.3. The summed E-state index contributed by atoms with van der Waals surface area (Å²) in [5.74, 6) is -0.615. The molecule has 282 valence electrons. The number of thiazole rings is 1. The molecule has 0 bridgehead atoms. The molecule has 0 radical (unpaired) electrons. The number of pyridine rings is 1. The van der Waals surface area contributed by atoms with Crippen LogP contribution in [0.1, 0.15) is 49.6 Å². The van der Waals surface area contributed by atoms with Gasteiger partial charge in [-0.3, -0.25) is 0 Å². The van der Waals surface area contributed by atoms with Crippen LogP contribution in [0.5, 0.6) is 5.75 Å². The zero-order valence-electron chi connectivity index (χ0n) is 31.0. The van der Waals surface area contributed by atoms with Crippen molar-refractivity contribution in [1.82, 2.24) is 10.3 Å². The van der Waals surface area contributed by atoms with Crippen LogP contribution in [0.15, 0.2) is 138 Å². The van der Waals surface area contributed by atoms with Crippen LogP contribution in [-0.2, 0) is 26.5 Å². The molecule has 0 saturated heterocycles. The molecule has 6 rings (SSSR count). The number of ether oxygens (including phenoxy) is 2. The average molecular weight is 759 g/mol. The van der Waals surface area contributed by atoms with Crippen molar-refractivity contribution in [2.75, 3.05) is 25.1 Å². The second kappa shape index (κ2) is 17.7. The fourth-order valence-corrected chi connectivity index (χ4v) is 6.84. The Bertz CT molecular complexity index is 2130. The maximum atomic E-state index is 12.3. The Morgan fingerprint density at radius 1 is 0.836 bits per heavy atom. The highest BCUT2D eigenvalue weighted by molar-refractivity contribution is 7.14. The summed E-state index contributed by atoms with van der Waals surface area (Å²) < 4.78 is 13.2. The van der Waals surface area contributed by atoms with Crippen molar-refractivity contribution in [3.8, 4) is 5.75 Å². The van der Waals surface area contributed by atoms with Crippen molar-refractivity contribution in [3.05, 3.63) is 155 Å². The van der Waals surface area contributed by atoms with Gasteiger partial charge in [-0.1, -0.05) is 96.2 Å². The van der Waals surface area contributed by atoms with E-state index in [0.29, 0.717) is 17.4 Å². The van der Waals surface area contributed by atoms with Crippen molar-refractivity contribution in [2.45, 2.75) is 44.9 Å². The van der Waals surface area contributed by atoms with Gasteiger partial charge in [0.2, 0.25) is 5.71 Å². The standard InChI is InChI=1S/C43H43N5O6S/c1-42(2,3)54-41(51)44-23-13-24-48-25-22-31-28-36(21-20-32(31)29-48)52-26-27-53-47-38(39(49)50)37-30-55-40(45-37)46-43(33-14-7-4-8-15-33,34-16-9-5-10-17-34)35-18-11-6-12-19-35/h4-12,14-22,25,28-30H,13,23-24,26-27H2,1-3H3,(H2-,44,45,46,49,50,51)/p+1/b47-38-. The highest BCUT2D eigenvalue weighted by atomic mass is 32.1. The number of aromatic nitrogens is 2. The molecule has 0 aliphatic carbocycles. The van der Waals surface area contributed by atoms with Crippen molar-refractivity contribution in [1.29, 1.82) is 0 Å². The minimum Gasteiger partial charge on any atom is -0.490 e. The van der Waals surface area contributed by atoms with Gasteiger partial charge in [-0.05, 0) is 61.0 Å². The molecular weight excluding hydrogens is 715 g/mol. The van der Waals surface area contributed by atoms with Gasteiger partial charge < -0.3 is 30.1 Å². The third-order valence-electron chi connectivity index (χ3n) is 8.53. The first-order valence-corrected chi connectivity index (χ1v) is 18.9. The quantitative estimate of drug-likeness (QED) is 0.0300. The lowest BCUT2D eigenvalue weighted by Crippen LogP contribution is -2.38. The van der Waals surface area contributed by atoms with Crippen LogP contribution in [0.2, 0.25) is 0 Å². The lowest BCUT2D eigenvalue weighted by atomic mass is 9.77. The Hall–Kier alpha value is -6.27. The van der Waals surface area contributed by atoms with Crippen molar-refractivity contribution in [3.63, 3.8) is 0 Å². The molecule has 0 aliphatic heterocycles. The molecule has 1 amide bonds. The molecule has 0 aliphatic rings. The average Bonchev–Trinajstić information content (AvgIpc) is 3.65. The Labute approximate surface area is 324 Å². The summed E-state index contributed by atoms with van der Waals surface area (Å²) in [6.45, 7) is 6.91. The highest BCUT2D eigenvalue weighted by Crippen LogP contribution is 2.40. The van der Waals surface area contributed by atoms with Gasteiger partial charge in [0.15, 0.2) is 24.1 Å². The van der Waals surface area contributed by atoms with Crippen molar-refractivity contribution in [2.24, 2.45) is 5.16 Å². The number of aryl methyl sites for hydroxylation is 1. The molecule has 0 saturated carbocycles. The summed E-state index contributed by atoms with van der Waals surface area (Å²) in [7, 11) is 0. The Balaban J connectivity index is 1.07. The number of nitrogens with zero attached hydrogens (tertiary/aromatic N) is 3. The maximum absolute atomic E-state index is 12.3. The van der Waals surface area contributed by atoms with E-state index in [1.807, 2.05) is 112 Å². The SMILES string of the molecule is CC(C)(C)OC(=O)NCCC[n+]1ccc2cc(OCCO/N=C(\C(=O)O)c3csc(NC(c4ccccc4)(c4ccccc4)c4ccccc4)n3)ccc2c1. The highest BCUT2D eigenvalue weighted by Gasteiger charge is 2.37. The molecule has 3 N–H and O–H groups in total. The number of aliphatic carboxylic acids is 1. The van der Waals surface area contributed by atoms with Crippen LogP contribution >= 0.6 is 11.3 Å². The summed E-state index contributed by atoms with van der Waals surface area (Å²) in [6, 6.07) is 38.0. The molecule has 11 nitrogen and oxygen atoms in total. The van der Waals surface area contributed by atoms with E-state index in [-0.39, 0.29) is 24.6 Å². The number of carbonyl (C=O) groups is 2. The van der Waals surface area contributed by atoms with Crippen LogP contribution in [0, 0.1) is 0 Å². The number of benzene rings is 4. The molecule has 6 aromatic rings. The fourth-order valence-electron chi connectivity index (χ4n) is 6.09. The Kier molecular flexibility index (Phi) is 12.4. The second-order valence-electron chi connectivity index (χ2n) is 13.7. The number of amides is 1. The van der Waals surface area contributed by atoms with E-state index in [9.17, 15) is 14.7 Å². The van der Waals surface area contributed by atoms with Gasteiger partial charge in [0.1, 0.15) is 35.7 Å². The van der Waals surface area contributed by atoms with Crippen LogP contribution in [0.4, 0.5) is 9.93 Å². The Morgan fingerprint density at radius 3 is 2.07 bits per heavy atom. The zero-order chi connectivity index (χ0) is 38.7. The molecule has 0 spiro atoms. The minimum atomic E-state index is -1.26. The van der Waals surface area contributed by atoms with Crippen LogP contribution in [-0.4, -0.2) is 53.2 Å². The molecule has 0 atom stereocenters. The number of anilines is 1. The fraction of sp³-hybridized carbons (Fsp3) is 0.233. The maximum Gasteiger partial charge on any atom is 0.407 e. The molecule has 0 fully saturated rings. The number of carboxylic acids is 1. The van der Waals surface area contributed by atoms with E-state index >= 15 is 0 Å². The monoisotopic (exact) mass is 758 g/mol. The van der Waals surface area contributed by atoms with Gasteiger partial charge in [-0.15, -0.1) is 11.3 Å². The lowest BCUT2D eigenvalue weighted by molar-refractivity contribution is -0.695. The third kappa shape index (κ3) is 10.0. The minimum absolute atomic E-state index is 0.0231. The smallest absolute Gasteiger partial charge is 0.407 e. The van der Waals surface area contributed by atoms with E-state index < -0.39 is 23.2 Å². The van der Waals surface area contributed by atoms with Gasteiger partial charge >= 0.3 is 12.1 Å². The predicted octanol–water partition coefficient (Wildman–Crippen LogP) is 7.79. The van der Waals surface area contributed by atoms with E-state index in [0.717, 1.165) is 40.4 Å². The van der Waals surface area contributed by atoms with Gasteiger partial charge in [0.25, 0.3) is 0 Å². The number of rotatable bonds is 16. The molecule has 2 aromatic heterocycles. The second-order valence-corrected chi connectivity index (χ2v) is 14.6. The van der Waals surface area contributed by atoms with Gasteiger partial charge in [0.05, 0.1) is 0 Å². The molecule has 2 heterocycles. The zero-order valence-corrected chi connectivity index (χ0v) is 31.8. The topological polar surface area (TPSA) is 135 Å². The Morgan fingerprint density at radius 2 is 1.47 bits per heavy atom. The summed E-state index contributed by atoms with van der Waals surface area (Å²) in [5.41, 5.74) is 1.51. The van der Waals surface area contributed by atoms with Gasteiger partial charge in [-0.25, -0.2) is 19.1 Å². The normalized spacial score (nSPS) is 11.9. The number of alkyl carbamates (subject to hydrolysis) is 1. The number of nitrogens with one attached hydrogen (secondary N) is 2. The van der Waals surface area contributed by atoms with E-state index in [1.54, 1.807) is 5.38 Å². The third-order valence-corrected chi connectivity index (χ3v) is 9.29. The summed E-state index contributed by atoms with van der Waals surface area (Å²) in [6.07, 6.45) is 4.36. The van der Waals surface area contributed by atoms with Crippen molar-refractivity contribution >= 4 is 45.0 Å². The van der Waals surface area contributed by atoms with Crippen LogP contribution < -0.4 is 19.9 Å². The molecule has 12 heteroatoms. The first kappa shape index (κ1) is 38.5. The van der Waals surface area contributed by atoms with E-state index in [1.165, 1.54) is 11.3 Å². The predicted molar refractivity (Wildman–Crippen MR) is 214 cm³/mol. The first-order chi connectivity index (χ1) is 26.6. The molecule has 0 unspecified atom stereocenters. The van der Waals surface area contributed by atoms with Gasteiger partial charge in [0, 0.05) is 29.8 Å². The number of hydrogen-bond acceptors (Lipinski definition) is 9. The molecule has 55 heavy (non-hydrogen) atoms. The number of carboxylic acid groups (broad SMARTS) is 1. The molecule has 4 aromatic carbocycles. The number of hydrogen-bond donors (Lipinski definition) is 3. The first-order valence-electron chi connectivity index (χ1n) is 18.0. The number of oxime groups is 1.